The molecule has 1 aromatic rings. The Morgan fingerprint density at radius 3 is 2.62 bits per heavy atom. The predicted molar refractivity (Wildman–Crippen MR) is 59.8 cm³/mol. The van der Waals surface area contributed by atoms with E-state index in [-0.39, 0.29) is 18.0 Å². The summed E-state index contributed by atoms with van der Waals surface area (Å²) in [6.07, 6.45) is 1.79. The van der Waals surface area contributed by atoms with Gasteiger partial charge in [0.15, 0.2) is 0 Å². The van der Waals surface area contributed by atoms with E-state index >= 15 is 0 Å². The largest absolute Gasteiger partial charge is 0.469 e. The minimum absolute atomic E-state index is 0.0470. The van der Waals surface area contributed by atoms with Crippen LogP contribution in [0.4, 0.5) is 0 Å². The van der Waals surface area contributed by atoms with Crippen molar-refractivity contribution >= 4 is 5.97 Å². The molecule has 16 heavy (non-hydrogen) atoms. The summed E-state index contributed by atoms with van der Waals surface area (Å²) in [5, 5.41) is 0. The molecule has 1 aromatic carbocycles. The molecule has 0 amide bonds. The molecule has 3 heteroatoms. The van der Waals surface area contributed by atoms with Crippen molar-refractivity contribution in [1.29, 1.82) is 0 Å². The summed E-state index contributed by atoms with van der Waals surface area (Å²) < 4.78 is 10.4. The van der Waals surface area contributed by atoms with Gasteiger partial charge in [-0.1, -0.05) is 30.3 Å². The Balaban J connectivity index is 1.69. The van der Waals surface area contributed by atoms with Crippen LogP contribution in [0.25, 0.3) is 0 Å². The number of hydrogen-bond donors (Lipinski definition) is 0. The average Bonchev–Trinajstić information content (AvgIpc) is 2.28. The second-order valence-electron chi connectivity index (χ2n) is 4.11. The average molecular weight is 220 g/mol. The lowest BCUT2D eigenvalue weighted by Crippen LogP contribution is -2.36. The number of esters is 1. The molecule has 0 saturated heterocycles. The number of carbonyl (C=O) groups is 1. The normalized spacial score (nSPS) is 23.6. The van der Waals surface area contributed by atoms with Gasteiger partial charge < -0.3 is 9.47 Å². The predicted octanol–water partition coefficient (Wildman–Crippen LogP) is 2.15. The third-order valence-electron chi connectivity index (χ3n) is 2.96. The zero-order valence-electron chi connectivity index (χ0n) is 9.39. The molecule has 1 aliphatic carbocycles. The minimum Gasteiger partial charge on any atom is -0.469 e. The number of methoxy groups -OCH3 is 1. The molecule has 0 radical (unpaired) electrons. The fourth-order valence-electron chi connectivity index (χ4n) is 1.85. The van der Waals surface area contributed by atoms with Gasteiger partial charge in [-0.15, -0.1) is 0 Å². The van der Waals surface area contributed by atoms with Crippen molar-refractivity contribution in [2.75, 3.05) is 7.11 Å². The topological polar surface area (TPSA) is 35.5 Å². The van der Waals surface area contributed by atoms with Crippen LogP contribution in [0.2, 0.25) is 0 Å². The summed E-state index contributed by atoms with van der Waals surface area (Å²) in [4.78, 5) is 11.1. The number of rotatable bonds is 4. The fourth-order valence-corrected chi connectivity index (χ4v) is 1.85. The maximum Gasteiger partial charge on any atom is 0.308 e. The number of benzene rings is 1. The highest BCUT2D eigenvalue weighted by molar-refractivity contribution is 5.73. The van der Waals surface area contributed by atoms with Gasteiger partial charge in [0.2, 0.25) is 0 Å². The van der Waals surface area contributed by atoms with E-state index in [1.807, 2.05) is 30.3 Å². The Bertz CT molecular complexity index is 341. The van der Waals surface area contributed by atoms with Crippen molar-refractivity contribution in [3.05, 3.63) is 35.9 Å². The van der Waals surface area contributed by atoms with E-state index in [1.54, 1.807) is 0 Å². The molecule has 1 fully saturated rings. The lowest BCUT2D eigenvalue weighted by atomic mass is 9.82. The van der Waals surface area contributed by atoms with Crippen LogP contribution in [0.5, 0.6) is 0 Å². The zero-order chi connectivity index (χ0) is 11.4. The molecule has 0 unspecified atom stereocenters. The smallest absolute Gasteiger partial charge is 0.308 e. The minimum atomic E-state index is -0.112. The molecule has 0 aliphatic heterocycles. The second kappa shape index (κ2) is 5.12. The molecular weight excluding hydrogens is 204 g/mol. The molecular formula is C13H16O3. The quantitative estimate of drug-likeness (QED) is 0.729. The zero-order valence-corrected chi connectivity index (χ0v) is 9.39. The van der Waals surface area contributed by atoms with Gasteiger partial charge in [0.25, 0.3) is 0 Å². The molecule has 0 heterocycles. The van der Waals surface area contributed by atoms with Gasteiger partial charge in [-0.05, 0) is 18.4 Å². The first-order valence-electron chi connectivity index (χ1n) is 5.53. The highest BCUT2D eigenvalue weighted by atomic mass is 16.5. The van der Waals surface area contributed by atoms with Crippen molar-refractivity contribution in [2.24, 2.45) is 5.92 Å². The van der Waals surface area contributed by atoms with E-state index in [1.165, 1.54) is 12.7 Å². The molecule has 1 aliphatic rings. The summed E-state index contributed by atoms with van der Waals surface area (Å²) in [7, 11) is 1.43. The third kappa shape index (κ3) is 2.61. The van der Waals surface area contributed by atoms with E-state index in [4.69, 9.17) is 4.74 Å². The van der Waals surface area contributed by atoms with E-state index in [0.717, 1.165) is 12.8 Å². The first kappa shape index (κ1) is 11.1. The van der Waals surface area contributed by atoms with Gasteiger partial charge in [0, 0.05) is 0 Å². The number of carbonyl (C=O) groups excluding carboxylic acids is 1. The molecule has 1 saturated carbocycles. The van der Waals surface area contributed by atoms with Crippen molar-refractivity contribution in [3.63, 3.8) is 0 Å². The Kier molecular flexibility index (Phi) is 3.57. The Labute approximate surface area is 95.4 Å². The van der Waals surface area contributed by atoms with Gasteiger partial charge in [0.1, 0.15) is 0 Å². The molecule has 0 spiro atoms. The number of hydrogen-bond acceptors (Lipinski definition) is 3. The molecule has 3 nitrogen and oxygen atoms in total. The van der Waals surface area contributed by atoms with Gasteiger partial charge in [0.05, 0.1) is 25.7 Å². The van der Waals surface area contributed by atoms with Crippen LogP contribution in [0, 0.1) is 5.92 Å². The first-order chi connectivity index (χ1) is 7.79. The molecule has 0 bridgehead atoms. The summed E-state index contributed by atoms with van der Waals surface area (Å²) in [6.45, 7) is 0.624. The number of ether oxygens (including phenoxy) is 2. The van der Waals surface area contributed by atoms with Gasteiger partial charge >= 0.3 is 5.97 Å². The Morgan fingerprint density at radius 1 is 1.31 bits per heavy atom. The summed E-state index contributed by atoms with van der Waals surface area (Å²) in [5.41, 5.74) is 1.17. The van der Waals surface area contributed by atoms with Crippen LogP contribution in [0.1, 0.15) is 18.4 Å². The molecule has 86 valence electrons. The summed E-state index contributed by atoms with van der Waals surface area (Å²) in [6, 6.07) is 10.1. The van der Waals surface area contributed by atoms with Crippen LogP contribution in [-0.2, 0) is 20.9 Å². The van der Waals surface area contributed by atoms with E-state index in [0.29, 0.717) is 6.61 Å². The molecule has 0 N–H and O–H groups in total. The lowest BCUT2D eigenvalue weighted by Gasteiger charge is -2.32. The van der Waals surface area contributed by atoms with Crippen LogP contribution in [-0.4, -0.2) is 19.2 Å². The molecule has 2 rings (SSSR count). The van der Waals surface area contributed by atoms with Crippen molar-refractivity contribution in [3.8, 4) is 0 Å². The molecule has 0 aromatic heterocycles. The maximum absolute atomic E-state index is 11.1. The summed E-state index contributed by atoms with van der Waals surface area (Å²) in [5.74, 6) is -0.0645. The first-order valence-corrected chi connectivity index (χ1v) is 5.53. The SMILES string of the molecule is COC(=O)C1CC(OCc2ccccc2)C1. The van der Waals surface area contributed by atoms with Gasteiger partial charge in [-0.2, -0.15) is 0 Å². The van der Waals surface area contributed by atoms with Gasteiger partial charge in [-0.25, -0.2) is 0 Å². The van der Waals surface area contributed by atoms with Crippen LogP contribution in [0.3, 0.4) is 0 Å². The molecule has 0 atom stereocenters. The fraction of sp³-hybridized carbons (Fsp3) is 0.462. The monoisotopic (exact) mass is 220 g/mol. The second-order valence-corrected chi connectivity index (χ2v) is 4.11. The highest BCUT2D eigenvalue weighted by Gasteiger charge is 2.35. The Hall–Kier alpha value is -1.35. The maximum atomic E-state index is 11.1. The van der Waals surface area contributed by atoms with Crippen molar-refractivity contribution in [1.82, 2.24) is 0 Å². The highest BCUT2D eigenvalue weighted by Crippen LogP contribution is 2.31. The van der Waals surface area contributed by atoms with Crippen LogP contribution in [0.15, 0.2) is 30.3 Å². The van der Waals surface area contributed by atoms with Crippen molar-refractivity contribution in [2.45, 2.75) is 25.6 Å². The van der Waals surface area contributed by atoms with Gasteiger partial charge in [-0.3, -0.25) is 4.79 Å². The van der Waals surface area contributed by atoms with Crippen molar-refractivity contribution < 1.29 is 14.3 Å². The Morgan fingerprint density at radius 2 is 2.00 bits per heavy atom. The van der Waals surface area contributed by atoms with E-state index < -0.39 is 0 Å². The van der Waals surface area contributed by atoms with E-state index in [2.05, 4.69) is 4.74 Å². The standard InChI is InChI=1S/C13H16O3/c1-15-13(14)11-7-12(8-11)16-9-10-5-3-2-4-6-10/h2-6,11-12H,7-9H2,1H3. The van der Waals surface area contributed by atoms with Crippen LogP contribution < -0.4 is 0 Å². The van der Waals surface area contributed by atoms with E-state index in [9.17, 15) is 4.79 Å². The third-order valence-corrected chi connectivity index (χ3v) is 2.96. The lowest BCUT2D eigenvalue weighted by molar-refractivity contribution is -0.155. The summed E-state index contributed by atoms with van der Waals surface area (Å²) >= 11 is 0. The van der Waals surface area contributed by atoms with Crippen LogP contribution >= 0.6 is 0 Å².